The number of benzene rings is 1. The number of rotatable bonds is 1. The number of aryl methyl sites for hydroxylation is 1. The molecule has 0 aliphatic carbocycles. The third-order valence-electron chi connectivity index (χ3n) is 3.42. The van der Waals surface area contributed by atoms with Gasteiger partial charge >= 0.3 is 0 Å². The number of nitrogens with zero attached hydrogens (tertiary/aromatic N) is 2. The molecule has 98 valence electrons. The van der Waals surface area contributed by atoms with Crippen LogP contribution in [0.5, 0.6) is 0 Å². The summed E-state index contributed by atoms with van der Waals surface area (Å²) >= 11 is 2.19. The molecule has 5 heteroatoms. The summed E-state index contributed by atoms with van der Waals surface area (Å²) in [6, 6.07) is 7.64. The molecule has 1 aromatic carbocycles. The lowest BCUT2D eigenvalue weighted by Gasteiger charge is -2.26. The predicted octanol–water partition coefficient (Wildman–Crippen LogP) is 2.79. The van der Waals surface area contributed by atoms with Crippen LogP contribution in [0, 0.1) is 10.5 Å². The van der Waals surface area contributed by atoms with Crippen molar-refractivity contribution in [1.82, 2.24) is 10.1 Å². The average molecular weight is 368 g/mol. The minimum absolute atomic E-state index is 0.0599. The number of carbonyl (C=O) groups is 1. The zero-order valence-corrected chi connectivity index (χ0v) is 12.7. The summed E-state index contributed by atoms with van der Waals surface area (Å²) in [5, 5.41) is 3.97. The highest BCUT2D eigenvalue weighted by Crippen LogP contribution is 2.24. The summed E-state index contributed by atoms with van der Waals surface area (Å²) in [5.74, 6) is 0.882. The molecule has 0 spiro atoms. The Kier molecular flexibility index (Phi) is 3.30. The Morgan fingerprint density at radius 1 is 1.42 bits per heavy atom. The third-order valence-corrected chi connectivity index (χ3v) is 4.36. The summed E-state index contributed by atoms with van der Waals surface area (Å²) in [6.07, 6.45) is 0.819. The van der Waals surface area contributed by atoms with E-state index in [1.54, 1.807) is 0 Å². The molecule has 1 amide bonds. The van der Waals surface area contributed by atoms with Crippen LogP contribution in [0.15, 0.2) is 28.8 Å². The quantitative estimate of drug-likeness (QED) is 0.728. The third kappa shape index (κ3) is 2.27. The molecule has 0 radical (unpaired) electrons. The first-order valence-electron chi connectivity index (χ1n) is 6.14. The van der Waals surface area contributed by atoms with Crippen LogP contribution in [0.4, 0.5) is 0 Å². The molecule has 0 atom stereocenters. The van der Waals surface area contributed by atoms with Gasteiger partial charge in [0.15, 0.2) is 5.76 Å². The van der Waals surface area contributed by atoms with Crippen LogP contribution in [0.25, 0.3) is 0 Å². The Labute approximate surface area is 124 Å². The molecule has 0 bridgehead atoms. The van der Waals surface area contributed by atoms with E-state index in [0.717, 1.165) is 39.1 Å². The molecule has 0 N–H and O–H groups in total. The number of halogens is 1. The standard InChI is InChI=1S/C14H13IN2O2/c1-9-10-6-7-17(8-13(10)19-16-9)14(18)11-4-2-3-5-12(11)15/h2-5H,6-8H2,1H3. The van der Waals surface area contributed by atoms with E-state index < -0.39 is 0 Å². The van der Waals surface area contributed by atoms with Crippen molar-refractivity contribution in [2.75, 3.05) is 6.54 Å². The van der Waals surface area contributed by atoms with E-state index in [4.69, 9.17) is 4.52 Å². The molecule has 0 unspecified atom stereocenters. The van der Waals surface area contributed by atoms with Gasteiger partial charge in [0.25, 0.3) is 5.91 Å². The number of carbonyl (C=O) groups excluding carboxylic acids is 1. The molecule has 1 aliphatic rings. The molecule has 1 aromatic heterocycles. The number of hydrogen-bond donors (Lipinski definition) is 0. The van der Waals surface area contributed by atoms with E-state index in [1.165, 1.54) is 0 Å². The second kappa shape index (κ2) is 4.96. The molecule has 0 saturated heterocycles. The highest BCUT2D eigenvalue weighted by molar-refractivity contribution is 14.1. The van der Waals surface area contributed by atoms with E-state index in [0.29, 0.717) is 6.54 Å². The number of fused-ring (bicyclic) bond motifs is 1. The zero-order valence-electron chi connectivity index (χ0n) is 10.5. The van der Waals surface area contributed by atoms with Crippen molar-refractivity contribution in [3.63, 3.8) is 0 Å². The van der Waals surface area contributed by atoms with Crippen molar-refractivity contribution in [2.24, 2.45) is 0 Å². The minimum Gasteiger partial charge on any atom is -0.359 e. The zero-order chi connectivity index (χ0) is 13.4. The highest BCUT2D eigenvalue weighted by Gasteiger charge is 2.26. The lowest BCUT2D eigenvalue weighted by atomic mass is 10.0. The number of aromatic nitrogens is 1. The second-order valence-corrected chi connectivity index (χ2v) is 5.79. The molecule has 4 nitrogen and oxygen atoms in total. The predicted molar refractivity (Wildman–Crippen MR) is 78.8 cm³/mol. The minimum atomic E-state index is 0.0599. The summed E-state index contributed by atoms with van der Waals surface area (Å²) in [5.41, 5.74) is 2.85. The Balaban J connectivity index is 1.86. The molecular formula is C14H13IN2O2. The second-order valence-electron chi connectivity index (χ2n) is 4.63. The molecule has 1 aliphatic heterocycles. The van der Waals surface area contributed by atoms with E-state index in [-0.39, 0.29) is 5.91 Å². The summed E-state index contributed by atoms with van der Waals surface area (Å²) in [4.78, 5) is 14.3. The Morgan fingerprint density at radius 2 is 2.21 bits per heavy atom. The first-order chi connectivity index (χ1) is 9.16. The molecular weight excluding hydrogens is 355 g/mol. The fourth-order valence-corrected chi connectivity index (χ4v) is 2.98. The van der Waals surface area contributed by atoms with Gasteiger partial charge in [0.1, 0.15) is 0 Å². The van der Waals surface area contributed by atoms with E-state index in [1.807, 2.05) is 36.1 Å². The van der Waals surface area contributed by atoms with Crippen LogP contribution in [0.1, 0.15) is 27.4 Å². The van der Waals surface area contributed by atoms with Gasteiger partial charge < -0.3 is 9.42 Å². The molecule has 2 heterocycles. The van der Waals surface area contributed by atoms with Gasteiger partial charge in [-0.25, -0.2) is 0 Å². The first-order valence-corrected chi connectivity index (χ1v) is 7.22. The van der Waals surface area contributed by atoms with Gasteiger partial charge in [0, 0.05) is 15.7 Å². The highest BCUT2D eigenvalue weighted by atomic mass is 127. The van der Waals surface area contributed by atoms with Gasteiger partial charge in [0.05, 0.1) is 17.8 Å². The fourth-order valence-electron chi connectivity index (χ4n) is 2.36. The lowest BCUT2D eigenvalue weighted by molar-refractivity contribution is 0.0715. The molecule has 19 heavy (non-hydrogen) atoms. The molecule has 0 fully saturated rings. The van der Waals surface area contributed by atoms with E-state index >= 15 is 0 Å². The molecule has 3 rings (SSSR count). The van der Waals surface area contributed by atoms with Gasteiger partial charge in [-0.2, -0.15) is 0 Å². The van der Waals surface area contributed by atoms with Crippen molar-refractivity contribution in [1.29, 1.82) is 0 Å². The molecule has 2 aromatic rings. The lowest BCUT2D eigenvalue weighted by Crippen LogP contribution is -2.36. The van der Waals surface area contributed by atoms with Crippen LogP contribution in [0.3, 0.4) is 0 Å². The van der Waals surface area contributed by atoms with Gasteiger partial charge in [-0.3, -0.25) is 4.79 Å². The van der Waals surface area contributed by atoms with Crippen LogP contribution >= 0.6 is 22.6 Å². The van der Waals surface area contributed by atoms with Gasteiger partial charge in [0.2, 0.25) is 0 Å². The summed E-state index contributed by atoms with van der Waals surface area (Å²) < 4.78 is 6.26. The van der Waals surface area contributed by atoms with Crippen LogP contribution in [0.2, 0.25) is 0 Å². The van der Waals surface area contributed by atoms with Crippen molar-refractivity contribution in [3.05, 3.63) is 50.4 Å². The monoisotopic (exact) mass is 368 g/mol. The van der Waals surface area contributed by atoms with Crippen LogP contribution in [-0.4, -0.2) is 22.5 Å². The molecule has 0 saturated carbocycles. The van der Waals surface area contributed by atoms with Gasteiger partial charge in [-0.1, -0.05) is 17.3 Å². The summed E-state index contributed by atoms with van der Waals surface area (Å²) in [7, 11) is 0. The smallest absolute Gasteiger partial charge is 0.255 e. The maximum atomic E-state index is 12.5. The van der Waals surface area contributed by atoms with E-state index in [2.05, 4.69) is 27.7 Å². The van der Waals surface area contributed by atoms with Crippen molar-refractivity contribution < 1.29 is 9.32 Å². The van der Waals surface area contributed by atoms with Crippen LogP contribution < -0.4 is 0 Å². The Hall–Kier alpha value is -1.37. The first kappa shape index (κ1) is 12.7. The normalized spacial score (nSPS) is 14.3. The van der Waals surface area contributed by atoms with Crippen molar-refractivity contribution in [2.45, 2.75) is 19.9 Å². The van der Waals surface area contributed by atoms with E-state index in [9.17, 15) is 4.79 Å². The van der Waals surface area contributed by atoms with Gasteiger partial charge in [-0.05, 0) is 48.1 Å². The largest absolute Gasteiger partial charge is 0.359 e. The maximum absolute atomic E-state index is 12.5. The average Bonchev–Trinajstić information content (AvgIpc) is 2.80. The number of amides is 1. The Bertz CT molecular complexity index is 636. The maximum Gasteiger partial charge on any atom is 0.255 e. The van der Waals surface area contributed by atoms with Crippen LogP contribution in [-0.2, 0) is 13.0 Å². The van der Waals surface area contributed by atoms with Gasteiger partial charge in [-0.15, -0.1) is 0 Å². The SMILES string of the molecule is Cc1noc2c1CCN(C(=O)c1ccccc1I)C2. The van der Waals surface area contributed by atoms with Crippen molar-refractivity contribution in [3.8, 4) is 0 Å². The van der Waals surface area contributed by atoms with Crippen molar-refractivity contribution >= 4 is 28.5 Å². The topological polar surface area (TPSA) is 46.3 Å². The fraction of sp³-hybridized carbons (Fsp3) is 0.286. The summed E-state index contributed by atoms with van der Waals surface area (Å²) in [6.45, 7) is 3.18. The Morgan fingerprint density at radius 3 is 3.00 bits per heavy atom. The number of hydrogen-bond acceptors (Lipinski definition) is 3.